The molecular formula is C10H10BrF3O2. The monoisotopic (exact) mass is 298 g/mol. The summed E-state index contributed by atoms with van der Waals surface area (Å²) in [6.45, 7) is 1.57. The molecule has 0 atom stereocenters. The predicted molar refractivity (Wildman–Crippen MR) is 56.4 cm³/mol. The molecule has 0 bridgehead atoms. The Balaban J connectivity index is 3.12. The van der Waals surface area contributed by atoms with Gasteiger partial charge in [0.1, 0.15) is 5.75 Å². The number of hydrogen-bond acceptors (Lipinski definition) is 2. The molecule has 1 rings (SSSR count). The molecule has 0 spiro atoms. The molecule has 0 N–H and O–H groups in total. The van der Waals surface area contributed by atoms with Crippen LogP contribution in [0.5, 0.6) is 5.75 Å². The minimum Gasteiger partial charge on any atom is -0.467 e. The van der Waals surface area contributed by atoms with E-state index in [0.717, 1.165) is 12.1 Å². The molecule has 0 unspecified atom stereocenters. The molecule has 0 saturated heterocycles. The average Bonchev–Trinajstić information content (AvgIpc) is 2.18. The third-order valence-electron chi connectivity index (χ3n) is 1.96. The maximum atomic E-state index is 12.5. The number of hydrogen-bond donors (Lipinski definition) is 0. The van der Waals surface area contributed by atoms with Gasteiger partial charge in [0.15, 0.2) is 6.79 Å². The first kappa shape index (κ1) is 13.3. The van der Waals surface area contributed by atoms with Gasteiger partial charge in [0, 0.05) is 17.1 Å². The van der Waals surface area contributed by atoms with Crippen LogP contribution in [0.2, 0.25) is 0 Å². The molecule has 0 aliphatic carbocycles. The number of alkyl halides is 3. The number of halogens is 4. The van der Waals surface area contributed by atoms with Gasteiger partial charge in [0.25, 0.3) is 0 Å². The van der Waals surface area contributed by atoms with Crippen molar-refractivity contribution in [3.8, 4) is 5.75 Å². The van der Waals surface area contributed by atoms with E-state index in [2.05, 4.69) is 20.7 Å². The van der Waals surface area contributed by atoms with Gasteiger partial charge < -0.3 is 9.47 Å². The molecule has 16 heavy (non-hydrogen) atoms. The van der Waals surface area contributed by atoms with Crippen molar-refractivity contribution in [3.05, 3.63) is 27.7 Å². The molecule has 90 valence electrons. The molecular weight excluding hydrogens is 289 g/mol. The fourth-order valence-corrected chi connectivity index (χ4v) is 1.53. The zero-order chi connectivity index (χ0) is 12.3. The van der Waals surface area contributed by atoms with E-state index < -0.39 is 11.7 Å². The highest BCUT2D eigenvalue weighted by molar-refractivity contribution is 9.10. The van der Waals surface area contributed by atoms with Gasteiger partial charge >= 0.3 is 6.18 Å². The second-order valence-electron chi connectivity index (χ2n) is 3.13. The maximum Gasteiger partial charge on any atom is 0.416 e. The fourth-order valence-electron chi connectivity index (χ4n) is 1.09. The lowest BCUT2D eigenvalue weighted by molar-refractivity contribution is -0.137. The van der Waals surface area contributed by atoms with Crippen LogP contribution in [-0.2, 0) is 10.9 Å². The lowest BCUT2D eigenvalue weighted by Gasteiger charge is -2.13. The molecule has 0 amide bonds. The van der Waals surface area contributed by atoms with E-state index in [1.807, 2.05) is 0 Å². The molecule has 0 radical (unpaired) electrons. The molecule has 0 aliphatic heterocycles. The minimum absolute atomic E-state index is 0.0887. The lowest BCUT2D eigenvalue weighted by Crippen LogP contribution is -2.07. The summed E-state index contributed by atoms with van der Waals surface area (Å²) in [6.07, 6.45) is -4.39. The van der Waals surface area contributed by atoms with Crippen molar-refractivity contribution in [2.75, 3.05) is 13.9 Å². The van der Waals surface area contributed by atoms with Gasteiger partial charge in [-0.25, -0.2) is 0 Å². The minimum atomic E-state index is -4.39. The Hall–Kier alpha value is -0.750. The third kappa shape index (κ3) is 3.12. The van der Waals surface area contributed by atoms with Crippen molar-refractivity contribution in [2.24, 2.45) is 0 Å². The van der Waals surface area contributed by atoms with Gasteiger partial charge in [-0.3, -0.25) is 0 Å². The van der Waals surface area contributed by atoms with Crippen LogP contribution in [0.25, 0.3) is 0 Å². The number of benzene rings is 1. The maximum absolute atomic E-state index is 12.5. The van der Waals surface area contributed by atoms with Gasteiger partial charge in [-0.1, -0.05) is 15.9 Å². The molecule has 0 aliphatic rings. The van der Waals surface area contributed by atoms with Crippen LogP contribution in [0, 0.1) is 6.92 Å². The molecule has 0 saturated carbocycles. The van der Waals surface area contributed by atoms with E-state index in [-0.39, 0.29) is 12.5 Å². The molecule has 0 aromatic heterocycles. The molecule has 6 heteroatoms. The van der Waals surface area contributed by atoms with E-state index in [1.54, 1.807) is 6.92 Å². The smallest absolute Gasteiger partial charge is 0.416 e. The average molecular weight is 299 g/mol. The molecule has 1 aromatic carbocycles. The topological polar surface area (TPSA) is 18.5 Å². The Labute approximate surface area is 99.5 Å². The van der Waals surface area contributed by atoms with E-state index in [0.29, 0.717) is 10.0 Å². The second kappa shape index (κ2) is 5.05. The SMILES string of the molecule is COCOc1cc(C(F)(F)F)cc(Br)c1C. The highest BCUT2D eigenvalue weighted by Gasteiger charge is 2.31. The van der Waals surface area contributed by atoms with Crippen LogP contribution in [-0.4, -0.2) is 13.9 Å². The zero-order valence-electron chi connectivity index (χ0n) is 8.69. The van der Waals surface area contributed by atoms with E-state index in [4.69, 9.17) is 4.74 Å². The molecule has 2 nitrogen and oxygen atoms in total. The van der Waals surface area contributed by atoms with Crippen LogP contribution in [0.4, 0.5) is 13.2 Å². The van der Waals surface area contributed by atoms with Gasteiger partial charge in [0.05, 0.1) is 5.56 Å². The first-order valence-electron chi connectivity index (χ1n) is 4.35. The van der Waals surface area contributed by atoms with Crippen LogP contribution in [0.3, 0.4) is 0 Å². The van der Waals surface area contributed by atoms with Crippen molar-refractivity contribution in [2.45, 2.75) is 13.1 Å². The van der Waals surface area contributed by atoms with Crippen LogP contribution in [0.1, 0.15) is 11.1 Å². The van der Waals surface area contributed by atoms with Crippen LogP contribution in [0.15, 0.2) is 16.6 Å². The van der Waals surface area contributed by atoms with Crippen LogP contribution >= 0.6 is 15.9 Å². The fraction of sp³-hybridized carbons (Fsp3) is 0.400. The van der Waals surface area contributed by atoms with E-state index in [9.17, 15) is 13.2 Å². The molecule has 0 fully saturated rings. The Morgan fingerprint density at radius 2 is 1.94 bits per heavy atom. The number of ether oxygens (including phenoxy) is 2. The van der Waals surface area contributed by atoms with Crippen molar-refractivity contribution in [3.63, 3.8) is 0 Å². The number of rotatable bonds is 3. The highest BCUT2D eigenvalue weighted by atomic mass is 79.9. The summed E-state index contributed by atoms with van der Waals surface area (Å²) in [5, 5.41) is 0. The van der Waals surface area contributed by atoms with Gasteiger partial charge in [0.2, 0.25) is 0 Å². The van der Waals surface area contributed by atoms with E-state index in [1.165, 1.54) is 7.11 Å². The van der Waals surface area contributed by atoms with E-state index >= 15 is 0 Å². The largest absolute Gasteiger partial charge is 0.467 e. The Kier molecular flexibility index (Phi) is 4.21. The zero-order valence-corrected chi connectivity index (χ0v) is 10.3. The molecule has 0 heterocycles. The molecule has 1 aromatic rings. The third-order valence-corrected chi connectivity index (χ3v) is 2.78. The first-order chi connectivity index (χ1) is 7.36. The summed E-state index contributed by atoms with van der Waals surface area (Å²) in [7, 11) is 1.40. The van der Waals surface area contributed by atoms with Crippen molar-refractivity contribution < 1.29 is 22.6 Å². The predicted octanol–water partition coefficient (Wildman–Crippen LogP) is 3.76. The summed E-state index contributed by atoms with van der Waals surface area (Å²) in [6, 6.07) is 1.98. The second-order valence-corrected chi connectivity index (χ2v) is 3.98. The summed E-state index contributed by atoms with van der Waals surface area (Å²) in [4.78, 5) is 0. The standard InChI is InChI=1S/C10H10BrF3O2/c1-6-8(11)3-7(10(12,13)14)4-9(6)16-5-15-2/h3-4H,5H2,1-2H3. The quantitative estimate of drug-likeness (QED) is 0.791. The van der Waals surface area contributed by atoms with Gasteiger partial charge in [-0.2, -0.15) is 13.2 Å². The Morgan fingerprint density at radius 3 is 2.44 bits per heavy atom. The van der Waals surface area contributed by atoms with Gasteiger partial charge in [-0.15, -0.1) is 0 Å². The highest BCUT2D eigenvalue weighted by Crippen LogP contribution is 2.36. The summed E-state index contributed by atoms with van der Waals surface area (Å²) in [5.41, 5.74) is -0.152. The summed E-state index contributed by atoms with van der Waals surface area (Å²) in [5.74, 6) is 0.156. The summed E-state index contributed by atoms with van der Waals surface area (Å²) >= 11 is 3.06. The Morgan fingerprint density at radius 1 is 1.31 bits per heavy atom. The summed E-state index contributed by atoms with van der Waals surface area (Å²) < 4.78 is 47.5. The lowest BCUT2D eigenvalue weighted by atomic mass is 10.1. The van der Waals surface area contributed by atoms with Crippen molar-refractivity contribution >= 4 is 15.9 Å². The number of methoxy groups -OCH3 is 1. The normalized spacial score (nSPS) is 11.6. The van der Waals surface area contributed by atoms with Gasteiger partial charge in [-0.05, 0) is 19.1 Å². The first-order valence-corrected chi connectivity index (χ1v) is 5.14. The van der Waals surface area contributed by atoms with Crippen molar-refractivity contribution in [1.82, 2.24) is 0 Å². The Bertz CT molecular complexity index is 377. The van der Waals surface area contributed by atoms with Crippen molar-refractivity contribution in [1.29, 1.82) is 0 Å². The van der Waals surface area contributed by atoms with Crippen LogP contribution < -0.4 is 4.74 Å².